The summed E-state index contributed by atoms with van der Waals surface area (Å²) in [4.78, 5) is 17.6. The number of thioether (sulfide) groups is 1. The van der Waals surface area contributed by atoms with Gasteiger partial charge in [0.15, 0.2) is 0 Å². The minimum absolute atomic E-state index is 0.157. The molecule has 3 rings (SSSR count). The van der Waals surface area contributed by atoms with Gasteiger partial charge in [-0.2, -0.15) is 11.8 Å². The standard InChI is InChI=1S/C14H14N2O3S/c17-10-2-1-9-3-4-15-13(11(9)7-10)16-5-6-20-8-12(16)14(18)19/h1-4,7,12,17H,5-6,8H2,(H,18,19). The summed E-state index contributed by atoms with van der Waals surface area (Å²) in [5.41, 5.74) is 0. The lowest BCUT2D eigenvalue weighted by Gasteiger charge is -2.34. The molecule has 0 amide bonds. The normalized spacial score (nSPS) is 19.2. The maximum atomic E-state index is 11.4. The molecule has 0 saturated carbocycles. The number of carbonyl (C=O) groups is 1. The third-order valence-electron chi connectivity index (χ3n) is 3.41. The number of benzene rings is 1. The minimum atomic E-state index is -0.837. The van der Waals surface area contributed by atoms with E-state index in [9.17, 15) is 15.0 Å². The Kier molecular flexibility index (Phi) is 3.40. The molecule has 6 heteroatoms. The molecule has 5 nitrogen and oxygen atoms in total. The smallest absolute Gasteiger partial charge is 0.327 e. The minimum Gasteiger partial charge on any atom is -0.508 e. The van der Waals surface area contributed by atoms with Crippen LogP contribution in [0.5, 0.6) is 5.75 Å². The van der Waals surface area contributed by atoms with E-state index < -0.39 is 12.0 Å². The van der Waals surface area contributed by atoms with Crippen molar-refractivity contribution >= 4 is 34.3 Å². The van der Waals surface area contributed by atoms with Crippen molar-refractivity contribution in [3.63, 3.8) is 0 Å². The molecule has 1 saturated heterocycles. The van der Waals surface area contributed by atoms with Crippen molar-refractivity contribution < 1.29 is 15.0 Å². The molecule has 0 aliphatic carbocycles. The molecule has 2 N–H and O–H groups in total. The van der Waals surface area contributed by atoms with Gasteiger partial charge in [0, 0.05) is 29.6 Å². The van der Waals surface area contributed by atoms with Crippen LogP contribution in [0.3, 0.4) is 0 Å². The summed E-state index contributed by atoms with van der Waals surface area (Å²) in [6.07, 6.45) is 1.68. The maximum Gasteiger partial charge on any atom is 0.327 e. The second kappa shape index (κ2) is 5.20. The van der Waals surface area contributed by atoms with E-state index in [1.165, 1.54) is 0 Å². The number of pyridine rings is 1. The third-order valence-corrected chi connectivity index (χ3v) is 4.44. The van der Waals surface area contributed by atoms with Crippen LogP contribution in [0.15, 0.2) is 30.5 Å². The fourth-order valence-corrected chi connectivity index (χ4v) is 3.47. The van der Waals surface area contributed by atoms with Crippen molar-refractivity contribution in [1.29, 1.82) is 0 Å². The first-order valence-corrected chi connectivity index (χ1v) is 7.47. The molecule has 1 atom stereocenters. The average Bonchev–Trinajstić information content (AvgIpc) is 2.46. The highest BCUT2D eigenvalue weighted by molar-refractivity contribution is 7.99. The molecule has 2 heterocycles. The molecule has 104 valence electrons. The zero-order valence-corrected chi connectivity index (χ0v) is 11.5. The summed E-state index contributed by atoms with van der Waals surface area (Å²) in [6, 6.07) is 6.34. The molecule has 1 aliphatic heterocycles. The van der Waals surface area contributed by atoms with Crippen molar-refractivity contribution in [2.45, 2.75) is 6.04 Å². The van der Waals surface area contributed by atoms with Crippen LogP contribution in [0, 0.1) is 0 Å². The van der Waals surface area contributed by atoms with Crippen molar-refractivity contribution in [1.82, 2.24) is 4.98 Å². The number of anilines is 1. The fourth-order valence-electron chi connectivity index (χ4n) is 2.43. The van der Waals surface area contributed by atoms with Gasteiger partial charge >= 0.3 is 5.97 Å². The van der Waals surface area contributed by atoms with Crippen molar-refractivity contribution in [2.75, 3.05) is 23.0 Å². The van der Waals surface area contributed by atoms with Crippen LogP contribution in [-0.4, -0.2) is 45.3 Å². The molecular weight excluding hydrogens is 276 g/mol. The number of hydrogen-bond acceptors (Lipinski definition) is 5. The van der Waals surface area contributed by atoms with E-state index in [1.54, 1.807) is 30.1 Å². The Bertz CT molecular complexity index is 662. The Morgan fingerprint density at radius 1 is 1.40 bits per heavy atom. The first-order valence-electron chi connectivity index (χ1n) is 6.32. The van der Waals surface area contributed by atoms with Crippen LogP contribution in [0.4, 0.5) is 5.82 Å². The van der Waals surface area contributed by atoms with Gasteiger partial charge in [0.1, 0.15) is 17.6 Å². The Balaban J connectivity index is 2.12. The molecule has 0 bridgehead atoms. The lowest BCUT2D eigenvalue weighted by molar-refractivity contribution is -0.138. The Labute approximate surface area is 120 Å². The average molecular weight is 290 g/mol. The lowest BCUT2D eigenvalue weighted by Crippen LogP contribution is -2.47. The van der Waals surface area contributed by atoms with E-state index >= 15 is 0 Å². The number of carboxylic acids is 1. The van der Waals surface area contributed by atoms with E-state index in [2.05, 4.69) is 4.98 Å². The summed E-state index contributed by atoms with van der Waals surface area (Å²) in [5, 5.41) is 20.7. The van der Waals surface area contributed by atoms with Crippen LogP contribution in [-0.2, 0) is 4.79 Å². The van der Waals surface area contributed by atoms with Gasteiger partial charge in [-0.15, -0.1) is 0 Å². The topological polar surface area (TPSA) is 73.7 Å². The predicted octanol–water partition coefficient (Wildman–Crippen LogP) is 1.95. The number of carboxylic acid groups (broad SMARTS) is 1. The highest BCUT2D eigenvalue weighted by Gasteiger charge is 2.30. The first-order chi connectivity index (χ1) is 9.66. The molecule has 2 aromatic rings. The molecule has 20 heavy (non-hydrogen) atoms. The third kappa shape index (κ3) is 2.27. The first kappa shape index (κ1) is 13.1. The number of phenolic OH excluding ortho intramolecular Hbond substituents is 1. The summed E-state index contributed by atoms with van der Waals surface area (Å²) in [5.74, 6) is 1.37. The number of aromatic nitrogens is 1. The van der Waals surface area contributed by atoms with Gasteiger partial charge in [0.25, 0.3) is 0 Å². The predicted molar refractivity (Wildman–Crippen MR) is 79.5 cm³/mol. The van der Waals surface area contributed by atoms with E-state index in [4.69, 9.17) is 0 Å². The molecule has 1 fully saturated rings. The van der Waals surface area contributed by atoms with Crippen molar-refractivity contribution in [3.05, 3.63) is 30.5 Å². The Hall–Kier alpha value is -1.95. The Morgan fingerprint density at radius 2 is 2.25 bits per heavy atom. The van der Waals surface area contributed by atoms with Gasteiger partial charge in [0.05, 0.1) is 0 Å². The molecular formula is C14H14N2O3S. The highest BCUT2D eigenvalue weighted by Crippen LogP contribution is 2.31. The molecule has 0 spiro atoms. The monoisotopic (exact) mass is 290 g/mol. The molecule has 1 aromatic carbocycles. The number of aromatic hydroxyl groups is 1. The van der Waals surface area contributed by atoms with Crippen LogP contribution in [0.25, 0.3) is 10.8 Å². The van der Waals surface area contributed by atoms with Crippen molar-refractivity contribution in [3.8, 4) is 5.75 Å². The number of rotatable bonds is 2. The molecule has 1 aromatic heterocycles. The SMILES string of the molecule is O=C(O)C1CSCCN1c1nccc2ccc(O)cc12. The van der Waals surface area contributed by atoms with Gasteiger partial charge in [0.2, 0.25) is 0 Å². The number of nitrogens with zero attached hydrogens (tertiary/aromatic N) is 2. The Morgan fingerprint density at radius 3 is 3.05 bits per heavy atom. The van der Waals surface area contributed by atoms with Gasteiger partial charge in [-0.05, 0) is 23.6 Å². The van der Waals surface area contributed by atoms with Crippen LogP contribution in [0.2, 0.25) is 0 Å². The van der Waals surface area contributed by atoms with Gasteiger partial charge in [-0.1, -0.05) is 6.07 Å². The largest absolute Gasteiger partial charge is 0.508 e. The number of fused-ring (bicyclic) bond motifs is 1. The second-order valence-electron chi connectivity index (χ2n) is 4.66. The molecule has 0 radical (unpaired) electrons. The zero-order chi connectivity index (χ0) is 14.1. The van der Waals surface area contributed by atoms with E-state index in [1.807, 2.05) is 17.0 Å². The number of aliphatic carboxylic acids is 1. The van der Waals surface area contributed by atoms with E-state index in [0.29, 0.717) is 18.1 Å². The van der Waals surface area contributed by atoms with Gasteiger partial charge in [-0.3, -0.25) is 0 Å². The van der Waals surface area contributed by atoms with Crippen LogP contribution < -0.4 is 4.90 Å². The van der Waals surface area contributed by atoms with E-state index in [0.717, 1.165) is 16.5 Å². The lowest BCUT2D eigenvalue weighted by atomic mass is 10.1. The van der Waals surface area contributed by atoms with Crippen LogP contribution >= 0.6 is 11.8 Å². The zero-order valence-electron chi connectivity index (χ0n) is 10.7. The summed E-state index contributed by atoms with van der Waals surface area (Å²) < 4.78 is 0. The molecule has 1 unspecified atom stereocenters. The summed E-state index contributed by atoms with van der Waals surface area (Å²) in [6.45, 7) is 0.642. The van der Waals surface area contributed by atoms with Crippen molar-refractivity contribution in [2.24, 2.45) is 0 Å². The second-order valence-corrected chi connectivity index (χ2v) is 5.81. The fraction of sp³-hybridized carbons (Fsp3) is 0.286. The van der Waals surface area contributed by atoms with Crippen LogP contribution in [0.1, 0.15) is 0 Å². The quantitative estimate of drug-likeness (QED) is 0.880. The van der Waals surface area contributed by atoms with E-state index in [-0.39, 0.29) is 5.75 Å². The summed E-state index contributed by atoms with van der Waals surface area (Å²) >= 11 is 1.64. The number of hydrogen-bond donors (Lipinski definition) is 2. The summed E-state index contributed by atoms with van der Waals surface area (Å²) in [7, 11) is 0. The highest BCUT2D eigenvalue weighted by atomic mass is 32.2. The molecule has 1 aliphatic rings. The van der Waals surface area contributed by atoms with Gasteiger partial charge in [-0.25, -0.2) is 9.78 Å². The maximum absolute atomic E-state index is 11.4. The van der Waals surface area contributed by atoms with Gasteiger partial charge < -0.3 is 15.1 Å². The number of phenols is 1.